The number of rotatable bonds is 7. The van der Waals surface area contributed by atoms with Crippen LogP contribution in [0.5, 0.6) is 5.75 Å². The fourth-order valence-corrected chi connectivity index (χ4v) is 5.42. The molecule has 2 aromatic rings. The Morgan fingerprint density at radius 3 is 2.62 bits per heavy atom. The molecule has 2 aliphatic rings. The molecule has 4 rings (SSSR count). The second kappa shape index (κ2) is 9.02. The van der Waals surface area contributed by atoms with E-state index in [1.807, 2.05) is 24.3 Å². The summed E-state index contributed by atoms with van der Waals surface area (Å²) in [6.45, 7) is 0.777. The molecule has 0 saturated heterocycles. The molecule has 0 aliphatic heterocycles. The summed E-state index contributed by atoms with van der Waals surface area (Å²) in [5, 5.41) is 9.24. The fourth-order valence-electron chi connectivity index (χ4n) is 5.42. The molecule has 0 bridgehead atoms. The normalized spacial score (nSPS) is 22.3. The van der Waals surface area contributed by atoms with Gasteiger partial charge in [0.1, 0.15) is 12.0 Å². The molecule has 1 heterocycles. The SMILES string of the molecule is O=C(O)CC(c1ccc(OCC2CCCC3(CCCCC3)C2)cc1)c1ncco1. The van der Waals surface area contributed by atoms with Gasteiger partial charge in [-0.15, -0.1) is 0 Å². The second-order valence-corrected chi connectivity index (χ2v) is 8.92. The molecular weight excluding hydrogens is 366 g/mol. The Kier molecular flexibility index (Phi) is 6.22. The summed E-state index contributed by atoms with van der Waals surface area (Å²) in [7, 11) is 0. The van der Waals surface area contributed by atoms with E-state index in [0.717, 1.165) is 17.9 Å². The highest BCUT2D eigenvalue weighted by Crippen LogP contribution is 2.49. The number of carboxylic acid groups (broad SMARTS) is 1. The van der Waals surface area contributed by atoms with Crippen molar-refractivity contribution in [3.05, 3.63) is 48.2 Å². The molecule has 156 valence electrons. The van der Waals surface area contributed by atoms with Gasteiger partial charge in [0.05, 0.1) is 25.1 Å². The first-order valence-electron chi connectivity index (χ1n) is 11.0. The molecule has 2 aliphatic carbocycles. The maximum absolute atomic E-state index is 11.3. The lowest BCUT2D eigenvalue weighted by molar-refractivity contribution is -0.137. The summed E-state index contributed by atoms with van der Waals surface area (Å²) in [6.07, 6.45) is 15.3. The van der Waals surface area contributed by atoms with Gasteiger partial charge < -0.3 is 14.3 Å². The Labute approximate surface area is 172 Å². The van der Waals surface area contributed by atoms with Crippen LogP contribution in [-0.4, -0.2) is 22.7 Å². The zero-order valence-corrected chi connectivity index (χ0v) is 17.0. The highest BCUT2D eigenvalue weighted by molar-refractivity contribution is 5.68. The van der Waals surface area contributed by atoms with Crippen molar-refractivity contribution in [3.63, 3.8) is 0 Å². The van der Waals surface area contributed by atoms with Crippen LogP contribution in [-0.2, 0) is 4.79 Å². The number of hydrogen-bond acceptors (Lipinski definition) is 4. The second-order valence-electron chi connectivity index (χ2n) is 8.92. The van der Waals surface area contributed by atoms with E-state index < -0.39 is 5.97 Å². The van der Waals surface area contributed by atoms with Gasteiger partial charge in [0, 0.05) is 0 Å². The fraction of sp³-hybridized carbons (Fsp3) is 0.583. The number of benzene rings is 1. The van der Waals surface area contributed by atoms with Gasteiger partial charge in [-0.3, -0.25) is 4.79 Å². The first-order chi connectivity index (χ1) is 14.1. The summed E-state index contributed by atoms with van der Waals surface area (Å²) in [6, 6.07) is 7.73. The molecule has 2 atom stereocenters. The maximum atomic E-state index is 11.3. The zero-order valence-electron chi connectivity index (χ0n) is 17.0. The van der Waals surface area contributed by atoms with Crippen molar-refractivity contribution in [3.8, 4) is 5.75 Å². The number of carboxylic acids is 1. The molecule has 2 saturated carbocycles. The van der Waals surface area contributed by atoms with Crippen molar-refractivity contribution in [2.45, 2.75) is 70.1 Å². The Bertz CT molecular complexity index is 772. The van der Waals surface area contributed by atoms with Gasteiger partial charge in [0.15, 0.2) is 0 Å². The lowest BCUT2D eigenvalue weighted by Gasteiger charge is -2.43. The summed E-state index contributed by atoms with van der Waals surface area (Å²) in [4.78, 5) is 15.4. The average molecular weight is 398 g/mol. The van der Waals surface area contributed by atoms with Crippen LogP contribution < -0.4 is 4.74 Å². The van der Waals surface area contributed by atoms with Crippen LogP contribution in [0, 0.1) is 11.3 Å². The van der Waals surface area contributed by atoms with E-state index in [1.165, 1.54) is 64.1 Å². The lowest BCUT2D eigenvalue weighted by Crippen LogP contribution is -2.33. The molecule has 2 fully saturated rings. The number of carbonyl (C=O) groups is 1. The van der Waals surface area contributed by atoms with Crippen LogP contribution in [0.3, 0.4) is 0 Å². The molecule has 0 amide bonds. The average Bonchev–Trinajstić information content (AvgIpc) is 3.26. The summed E-state index contributed by atoms with van der Waals surface area (Å²) < 4.78 is 11.5. The van der Waals surface area contributed by atoms with Crippen LogP contribution in [0.25, 0.3) is 0 Å². The topological polar surface area (TPSA) is 72.6 Å². The van der Waals surface area contributed by atoms with E-state index in [0.29, 0.717) is 17.2 Å². The predicted octanol–water partition coefficient (Wildman–Crippen LogP) is 5.80. The molecule has 5 heteroatoms. The number of aromatic nitrogens is 1. The highest BCUT2D eigenvalue weighted by atomic mass is 16.5. The zero-order chi connectivity index (χ0) is 20.1. The molecule has 0 radical (unpaired) electrons. The molecule has 2 unspecified atom stereocenters. The molecule has 1 aromatic heterocycles. The third-order valence-electron chi connectivity index (χ3n) is 6.85. The number of hydrogen-bond donors (Lipinski definition) is 1. The van der Waals surface area contributed by atoms with E-state index >= 15 is 0 Å². The van der Waals surface area contributed by atoms with Crippen LogP contribution >= 0.6 is 0 Å². The van der Waals surface area contributed by atoms with Crippen LogP contribution in [0.1, 0.15) is 81.6 Å². The molecule has 29 heavy (non-hydrogen) atoms. The molecule has 5 nitrogen and oxygen atoms in total. The maximum Gasteiger partial charge on any atom is 0.304 e. The Morgan fingerprint density at radius 1 is 1.17 bits per heavy atom. The molecule has 1 N–H and O–H groups in total. The number of oxazole rings is 1. The Balaban J connectivity index is 1.36. The summed E-state index contributed by atoms with van der Waals surface area (Å²) in [5.41, 5.74) is 1.47. The van der Waals surface area contributed by atoms with Crippen LogP contribution in [0.4, 0.5) is 0 Å². The van der Waals surface area contributed by atoms with Gasteiger partial charge in [-0.25, -0.2) is 4.98 Å². The minimum absolute atomic E-state index is 0.0507. The van der Waals surface area contributed by atoms with Crippen molar-refractivity contribution < 1.29 is 19.1 Å². The number of nitrogens with zero attached hydrogens (tertiary/aromatic N) is 1. The Hall–Kier alpha value is -2.30. The van der Waals surface area contributed by atoms with E-state index in [2.05, 4.69) is 4.98 Å². The quantitative estimate of drug-likeness (QED) is 0.639. The van der Waals surface area contributed by atoms with Crippen molar-refractivity contribution in [1.29, 1.82) is 0 Å². The van der Waals surface area contributed by atoms with Gasteiger partial charge in [-0.2, -0.15) is 0 Å². The Morgan fingerprint density at radius 2 is 1.93 bits per heavy atom. The first-order valence-corrected chi connectivity index (χ1v) is 11.0. The van der Waals surface area contributed by atoms with Gasteiger partial charge >= 0.3 is 5.97 Å². The van der Waals surface area contributed by atoms with E-state index in [1.54, 1.807) is 6.20 Å². The number of ether oxygens (including phenoxy) is 1. The number of aliphatic carboxylic acids is 1. The molecule has 1 spiro atoms. The van der Waals surface area contributed by atoms with Gasteiger partial charge in [0.2, 0.25) is 5.89 Å². The van der Waals surface area contributed by atoms with E-state index in [-0.39, 0.29) is 12.3 Å². The minimum Gasteiger partial charge on any atom is -0.493 e. The largest absolute Gasteiger partial charge is 0.493 e. The summed E-state index contributed by atoms with van der Waals surface area (Å²) >= 11 is 0. The van der Waals surface area contributed by atoms with E-state index in [9.17, 15) is 9.90 Å². The highest BCUT2D eigenvalue weighted by Gasteiger charge is 2.37. The van der Waals surface area contributed by atoms with Gasteiger partial charge in [-0.05, 0) is 61.1 Å². The van der Waals surface area contributed by atoms with Crippen molar-refractivity contribution in [1.82, 2.24) is 4.98 Å². The first kappa shape index (κ1) is 20.0. The van der Waals surface area contributed by atoms with E-state index in [4.69, 9.17) is 9.15 Å². The lowest BCUT2D eigenvalue weighted by atomic mass is 9.63. The van der Waals surface area contributed by atoms with Crippen LogP contribution in [0.15, 0.2) is 41.1 Å². The van der Waals surface area contributed by atoms with Crippen LogP contribution in [0.2, 0.25) is 0 Å². The third-order valence-corrected chi connectivity index (χ3v) is 6.85. The third kappa shape index (κ3) is 5.01. The van der Waals surface area contributed by atoms with Crippen molar-refractivity contribution >= 4 is 5.97 Å². The monoisotopic (exact) mass is 397 g/mol. The van der Waals surface area contributed by atoms with Gasteiger partial charge in [0.25, 0.3) is 0 Å². The predicted molar refractivity (Wildman–Crippen MR) is 110 cm³/mol. The van der Waals surface area contributed by atoms with Crippen molar-refractivity contribution in [2.75, 3.05) is 6.61 Å². The molecular formula is C24H31NO4. The van der Waals surface area contributed by atoms with Gasteiger partial charge in [-0.1, -0.05) is 37.8 Å². The smallest absolute Gasteiger partial charge is 0.304 e. The van der Waals surface area contributed by atoms with Crippen molar-refractivity contribution in [2.24, 2.45) is 11.3 Å². The minimum atomic E-state index is -0.873. The standard InChI is InChI=1S/C24H31NO4/c26-22(27)15-21(23-25-13-14-28-23)19-6-8-20(9-7-19)29-17-18-5-4-12-24(16-18)10-2-1-3-11-24/h6-9,13-14,18,21H,1-5,10-12,15-17H2,(H,26,27). The summed E-state index contributed by atoms with van der Waals surface area (Å²) in [5.74, 6) is 0.664. The molecule has 1 aromatic carbocycles.